The fraction of sp³-hybridized carbons (Fsp3) is 0.258. The number of hydrogen-bond donors (Lipinski definition) is 4. The number of para-hydroxylation sites is 1. The molecule has 3 atom stereocenters. The van der Waals surface area contributed by atoms with E-state index in [9.17, 15) is 24.0 Å². The third-order valence-corrected chi connectivity index (χ3v) is 5.99. The maximum atomic E-state index is 13.5. The Morgan fingerprint density at radius 1 is 0.805 bits per heavy atom. The quantitative estimate of drug-likeness (QED) is 0.172. The van der Waals surface area contributed by atoms with Gasteiger partial charge in [-0.25, -0.2) is 0 Å². The number of nitrogens with one attached hydrogen (secondary N) is 3. The van der Waals surface area contributed by atoms with Crippen molar-refractivity contribution in [3.05, 3.63) is 90.5 Å². The van der Waals surface area contributed by atoms with Crippen LogP contribution in [-0.4, -0.2) is 41.1 Å². The summed E-state index contributed by atoms with van der Waals surface area (Å²) in [4.78, 5) is 62.3. The zero-order valence-corrected chi connectivity index (χ0v) is 22.8. The Balaban J connectivity index is 1.81. The van der Waals surface area contributed by atoms with E-state index in [1.165, 1.54) is 0 Å². The van der Waals surface area contributed by atoms with Gasteiger partial charge in [-0.05, 0) is 42.2 Å². The van der Waals surface area contributed by atoms with Gasteiger partial charge in [0.1, 0.15) is 29.7 Å². The van der Waals surface area contributed by atoms with Crippen LogP contribution < -0.4 is 20.7 Å². The number of hydrogen-bond acceptors (Lipinski definition) is 6. The molecule has 0 saturated heterocycles. The smallest absolute Gasteiger partial charge is 0.305 e. The van der Waals surface area contributed by atoms with Crippen LogP contribution in [-0.2, 0) is 24.0 Å². The van der Waals surface area contributed by atoms with Gasteiger partial charge < -0.3 is 30.6 Å². The molecule has 0 aromatic heterocycles. The summed E-state index contributed by atoms with van der Waals surface area (Å²) in [7, 11) is 0. The summed E-state index contributed by atoms with van der Waals surface area (Å²) in [5, 5.41) is 16.8. The van der Waals surface area contributed by atoms with E-state index in [0.29, 0.717) is 29.0 Å². The minimum absolute atomic E-state index is 0.0954. The number of benzene rings is 3. The predicted molar refractivity (Wildman–Crippen MR) is 152 cm³/mol. The molecular formula is C31H33N3O7. The summed E-state index contributed by atoms with van der Waals surface area (Å²) in [6.45, 7) is 3.63. The van der Waals surface area contributed by atoms with E-state index in [0.717, 1.165) is 0 Å². The summed E-state index contributed by atoms with van der Waals surface area (Å²) < 4.78 is 5.84. The lowest BCUT2D eigenvalue weighted by Gasteiger charge is -2.24. The fourth-order valence-corrected chi connectivity index (χ4v) is 4.07. The molecule has 0 aliphatic rings. The molecule has 214 valence electrons. The van der Waals surface area contributed by atoms with Crippen LogP contribution in [0, 0.1) is 11.8 Å². The highest BCUT2D eigenvalue weighted by Crippen LogP contribution is 2.25. The van der Waals surface area contributed by atoms with Gasteiger partial charge in [-0.15, -0.1) is 0 Å². The van der Waals surface area contributed by atoms with Crippen LogP contribution in [0.4, 0.5) is 5.69 Å². The van der Waals surface area contributed by atoms with Crippen molar-refractivity contribution in [1.29, 1.82) is 0 Å². The first kappa shape index (κ1) is 30.6. The summed E-state index contributed by atoms with van der Waals surface area (Å²) >= 11 is 0. The number of rotatable bonds is 14. The molecule has 3 aromatic carbocycles. The molecule has 4 N–H and O–H groups in total. The van der Waals surface area contributed by atoms with E-state index in [1.54, 1.807) is 66.7 Å². The molecule has 10 nitrogen and oxygen atoms in total. The number of aldehydes is 1. The molecule has 0 heterocycles. The Kier molecular flexibility index (Phi) is 11.2. The van der Waals surface area contributed by atoms with Crippen molar-refractivity contribution in [2.45, 2.75) is 38.8 Å². The average Bonchev–Trinajstić information content (AvgIpc) is 2.94. The molecule has 3 aromatic rings. The van der Waals surface area contributed by atoms with Gasteiger partial charge in [-0.3, -0.25) is 19.2 Å². The second-order valence-corrected chi connectivity index (χ2v) is 9.82. The number of carboxylic acid groups (broad SMARTS) is 1. The van der Waals surface area contributed by atoms with Crippen LogP contribution in [0.5, 0.6) is 11.5 Å². The molecule has 10 heteroatoms. The van der Waals surface area contributed by atoms with Gasteiger partial charge in [0, 0.05) is 11.8 Å². The van der Waals surface area contributed by atoms with E-state index in [-0.39, 0.29) is 12.3 Å². The fourth-order valence-electron chi connectivity index (χ4n) is 4.07. The number of carbonyl (C=O) groups is 5. The molecule has 0 bridgehead atoms. The Morgan fingerprint density at radius 3 is 2.02 bits per heavy atom. The molecular weight excluding hydrogens is 526 g/mol. The molecule has 3 rings (SSSR count). The van der Waals surface area contributed by atoms with Crippen LogP contribution >= 0.6 is 0 Å². The van der Waals surface area contributed by atoms with Gasteiger partial charge in [0.15, 0.2) is 0 Å². The lowest BCUT2D eigenvalue weighted by atomic mass is 9.94. The highest BCUT2D eigenvalue weighted by Gasteiger charge is 2.33. The van der Waals surface area contributed by atoms with E-state index in [4.69, 9.17) is 9.84 Å². The van der Waals surface area contributed by atoms with Gasteiger partial charge in [-0.2, -0.15) is 0 Å². The SMILES string of the molecule is CC(C)CC(C(=O)NC(C=O)CC(=O)O)C(=O)NC(C(=O)Nc1cccc(Oc2ccccc2)c1)c1ccccc1. The second kappa shape index (κ2) is 15.0. The van der Waals surface area contributed by atoms with Gasteiger partial charge in [0.2, 0.25) is 11.8 Å². The van der Waals surface area contributed by atoms with Crippen molar-refractivity contribution in [1.82, 2.24) is 10.6 Å². The largest absolute Gasteiger partial charge is 0.481 e. The molecule has 0 fully saturated rings. The van der Waals surface area contributed by atoms with Crippen LogP contribution in [0.2, 0.25) is 0 Å². The van der Waals surface area contributed by atoms with Crippen molar-refractivity contribution in [2.24, 2.45) is 11.8 Å². The minimum Gasteiger partial charge on any atom is -0.481 e. The standard InChI is InChI=1S/C31H33N3O7/c1-20(2)16-26(29(38)33-23(19-35)18-27(36)37)30(39)34-28(21-10-5-3-6-11-21)31(40)32-22-12-9-15-25(17-22)41-24-13-7-4-8-14-24/h3-15,17,19-20,23,26,28H,16,18H2,1-2H3,(H,32,40)(H,33,38)(H,34,39)(H,36,37). The maximum absolute atomic E-state index is 13.5. The van der Waals surface area contributed by atoms with Gasteiger partial charge in [-0.1, -0.05) is 68.4 Å². The number of carbonyl (C=O) groups excluding carboxylic acids is 4. The number of amides is 3. The van der Waals surface area contributed by atoms with Crippen LogP contribution in [0.15, 0.2) is 84.9 Å². The van der Waals surface area contributed by atoms with Crippen LogP contribution in [0.25, 0.3) is 0 Å². The van der Waals surface area contributed by atoms with Gasteiger partial charge in [0.05, 0.1) is 12.5 Å². The van der Waals surface area contributed by atoms with E-state index in [1.807, 2.05) is 32.0 Å². The summed E-state index contributed by atoms with van der Waals surface area (Å²) in [5.41, 5.74) is 0.910. The molecule has 3 unspecified atom stereocenters. The Bertz CT molecular complexity index is 1350. The highest BCUT2D eigenvalue weighted by molar-refractivity contribution is 6.04. The molecule has 0 spiro atoms. The first-order valence-electron chi connectivity index (χ1n) is 13.1. The summed E-state index contributed by atoms with van der Waals surface area (Å²) in [6, 6.07) is 22.0. The molecule has 41 heavy (non-hydrogen) atoms. The summed E-state index contributed by atoms with van der Waals surface area (Å²) in [5.74, 6) is -3.61. The third-order valence-electron chi connectivity index (χ3n) is 5.99. The number of carboxylic acids is 1. The lowest BCUT2D eigenvalue weighted by Crippen LogP contribution is -2.48. The van der Waals surface area contributed by atoms with Crippen molar-refractivity contribution < 1.29 is 33.8 Å². The topological polar surface area (TPSA) is 151 Å². The number of aliphatic carboxylic acids is 1. The van der Waals surface area contributed by atoms with Crippen molar-refractivity contribution >= 4 is 35.7 Å². The van der Waals surface area contributed by atoms with Crippen LogP contribution in [0.3, 0.4) is 0 Å². The molecule has 0 aliphatic heterocycles. The van der Waals surface area contributed by atoms with Crippen LogP contribution in [0.1, 0.15) is 38.3 Å². The molecule has 0 saturated carbocycles. The Morgan fingerprint density at radius 2 is 1.41 bits per heavy atom. The van der Waals surface area contributed by atoms with Gasteiger partial charge >= 0.3 is 5.97 Å². The average molecular weight is 560 g/mol. The predicted octanol–water partition coefficient (Wildman–Crippen LogP) is 4.10. The van der Waals surface area contributed by atoms with Crippen molar-refractivity contribution in [2.75, 3.05) is 5.32 Å². The first-order chi connectivity index (χ1) is 19.7. The first-order valence-corrected chi connectivity index (χ1v) is 13.1. The lowest BCUT2D eigenvalue weighted by molar-refractivity contribution is -0.140. The van der Waals surface area contributed by atoms with Crippen molar-refractivity contribution in [3.63, 3.8) is 0 Å². The van der Waals surface area contributed by atoms with Gasteiger partial charge in [0.25, 0.3) is 5.91 Å². The molecule has 3 amide bonds. The third kappa shape index (κ3) is 9.61. The molecule has 0 aliphatic carbocycles. The molecule has 0 radical (unpaired) electrons. The zero-order chi connectivity index (χ0) is 29.8. The van der Waals surface area contributed by atoms with E-state index in [2.05, 4.69) is 16.0 Å². The minimum atomic E-state index is -1.29. The number of anilines is 1. The monoisotopic (exact) mass is 559 g/mol. The normalized spacial score (nSPS) is 12.9. The van der Waals surface area contributed by atoms with E-state index >= 15 is 0 Å². The zero-order valence-electron chi connectivity index (χ0n) is 22.8. The Hall–Kier alpha value is -4.99. The number of ether oxygens (including phenoxy) is 1. The second-order valence-electron chi connectivity index (χ2n) is 9.82. The van der Waals surface area contributed by atoms with E-state index < -0.39 is 48.1 Å². The summed E-state index contributed by atoms with van der Waals surface area (Å²) in [6.07, 6.45) is -0.197. The highest BCUT2D eigenvalue weighted by atomic mass is 16.5. The maximum Gasteiger partial charge on any atom is 0.305 e. The Labute approximate surface area is 238 Å². The van der Waals surface area contributed by atoms with Crippen molar-refractivity contribution in [3.8, 4) is 11.5 Å².